The highest BCUT2D eigenvalue weighted by Crippen LogP contribution is 2.12. The molecule has 0 aliphatic carbocycles. The van der Waals surface area contributed by atoms with Gasteiger partial charge in [-0.2, -0.15) is 0 Å². The second kappa shape index (κ2) is 7.67. The lowest BCUT2D eigenvalue weighted by Gasteiger charge is -2.31. The highest BCUT2D eigenvalue weighted by atomic mass is 16.5. The fourth-order valence-corrected chi connectivity index (χ4v) is 2.25. The van der Waals surface area contributed by atoms with Gasteiger partial charge in [0.15, 0.2) is 0 Å². The van der Waals surface area contributed by atoms with E-state index in [1.54, 1.807) is 4.90 Å². The molecule has 1 aromatic rings. The van der Waals surface area contributed by atoms with Gasteiger partial charge in [0.25, 0.3) is 0 Å². The van der Waals surface area contributed by atoms with E-state index in [-0.39, 0.29) is 6.03 Å². The second-order valence-electron chi connectivity index (χ2n) is 4.90. The predicted octanol–water partition coefficient (Wildman–Crippen LogP) is 0.881. The van der Waals surface area contributed by atoms with E-state index in [2.05, 4.69) is 11.8 Å². The third kappa shape index (κ3) is 4.22. The van der Waals surface area contributed by atoms with Crippen LogP contribution in [0, 0.1) is 11.8 Å². The lowest BCUT2D eigenvalue weighted by atomic mass is 10.1. The summed E-state index contributed by atoms with van der Waals surface area (Å²) in [5.41, 5.74) is 7.37. The van der Waals surface area contributed by atoms with Gasteiger partial charge >= 0.3 is 6.03 Å². The molecule has 1 heterocycles. The number of urea groups is 1. The van der Waals surface area contributed by atoms with Crippen molar-refractivity contribution in [2.75, 3.05) is 39.9 Å². The van der Waals surface area contributed by atoms with Crippen molar-refractivity contribution in [3.05, 3.63) is 35.4 Å². The van der Waals surface area contributed by atoms with Gasteiger partial charge in [-0.15, -0.1) is 0 Å². The molecule has 1 aliphatic rings. The molecule has 1 aliphatic heterocycles. The first-order chi connectivity index (χ1) is 10.2. The molecule has 5 nitrogen and oxygen atoms in total. The number of nitrogens with two attached hydrogens (primary N) is 1. The van der Waals surface area contributed by atoms with Crippen molar-refractivity contribution in [2.45, 2.75) is 6.54 Å². The van der Waals surface area contributed by atoms with Crippen LogP contribution >= 0.6 is 0 Å². The van der Waals surface area contributed by atoms with Gasteiger partial charge in [0.05, 0.1) is 19.8 Å². The van der Waals surface area contributed by atoms with Gasteiger partial charge in [-0.05, 0) is 11.6 Å². The first-order valence-electron chi connectivity index (χ1n) is 7.07. The fourth-order valence-electron chi connectivity index (χ4n) is 2.25. The fraction of sp³-hybridized carbons (Fsp3) is 0.438. The Kier molecular flexibility index (Phi) is 5.61. The Balaban J connectivity index is 2.05. The molecule has 2 rings (SSSR count). The van der Waals surface area contributed by atoms with Crippen molar-refractivity contribution < 1.29 is 9.53 Å². The molecule has 1 saturated heterocycles. The van der Waals surface area contributed by atoms with Gasteiger partial charge in [0, 0.05) is 32.2 Å². The zero-order valence-electron chi connectivity index (χ0n) is 12.3. The largest absolute Gasteiger partial charge is 0.378 e. The molecule has 112 valence electrons. The standard InChI is InChI=1S/C16H21N3O2/c1-18(16(20)19-9-11-21-12-10-19)13-15-6-3-2-5-14(15)7-4-8-17/h2-3,5-6H,8-13,17H2,1H3. The minimum atomic E-state index is 0.0277. The molecular formula is C16H21N3O2. The van der Waals surface area contributed by atoms with E-state index in [0.29, 0.717) is 39.4 Å². The van der Waals surface area contributed by atoms with Crippen LogP contribution in [0.2, 0.25) is 0 Å². The van der Waals surface area contributed by atoms with Crippen LogP contribution in [0.1, 0.15) is 11.1 Å². The summed E-state index contributed by atoms with van der Waals surface area (Å²) in [7, 11) is 1.81. The van der Waals surface area contributed by atoms with Crippen molar-refractivity contribution in [1.29, 1.82) is 0 Å². The van der Waals surface area contributed by atoms with Crippen molar-refractivity contribution in [3.63, 3.8) is 0 Å². The number of nitrogens with zero attached hydrogens (tertiary/aromatic N) is 2. The van der Waals surface area contributed by atoms with Gasteiger partial charge in [-0.25, -0.2) is 4.79 Å². The quantitative estimate of drug-likeness (QED) is 0.822. The van der Waals surface area contributed by atoms with Crippen molar-refractivity contribution >= 4 is 6.03 Å². The van der Waals surface area contributed by atoms with E-state index in [1.165, 1.54) is 0 Å². The Hall–Kier alpha value is -2.03. The Labute approximate surface area is 125 Å². The molecule has 0 spiro atoms. The molecule has 0 saturated carbocycles. The molecule has 5 heteroatoms. The van der Waals surface area contributed by atoms with E-state index >= 15 is 0 Å². The summed E-state index contributed by atoms with van der Waals surface area (Å²) >= 11 is 0. The summed E-state index contributed by atoms with van der Waals surface area (Å²) in [4.78, 5) is 15.9. The molecule has 2 N–H and O–H groups in total. The number of carbonyl (C=O) groups excluding carboxylic acids is 1. The zero-order chi connectivity index (χ0) is 15.1. The number of morpholine rings is 1. The number of hydrogen-bond acceptors (Lipinski definition) is 3. The summed E-state index contributed by atoms with van der Waals surface area (Å²) in [5, 5.41) is 0. The van der Waals surface area contributed by atoms with Gasteiger partial charge in [0.2, 0.25) is 0 Å². The number of carbonyl (C=O) groups is 1. The molecule has 0 bridgehead atoms. The maximum atomic E-state index is 12.4. The van der Waals surface area contributed by atoms with Crippen LogP contribution in [0.25, 0.3) is 0 Å². The molecule has 0 radical (unpaired) electrons. The minimum Gasteiger partial charge on any atom is -0.378 e. The predicted molar refractivity (Wildman–Crippen MR) is 81.6 cm³/mol. The minimum absolute atomic E-state index is 0.0277. The van der Waals surface area contributed by atoms with Crippen molar-refractivity contribution in [1.82, 2.24) is 9.80 Å². The van der Waals surface area contributed by atoms with Crippen LogP contribution in [-0.4, -0.2) is 55.7 Å². The molecular weight excluding hydrogens is 266 g/mol. The smallest absolute Gasteiger partial charge is 0.320 e. The number of ether oxygens (including phenoxy) is 1. The lowest BCUT2D eigenvalue weighted by molar-refractivity contribution is 0.0448. The third-order valence-corrected chi connectivity index (χ3v) is 3.36. The van der Waals surface area contributed by atoms with Crippen LogP contribution in [0.15, 0.2) is 24.3 Å². The van der Waals surface area contributed by atoms with Gasteiger partial charge in [-0.3, -0.25) is 0 Å². The summed E-state index contributed by atoms with van der Waals surface area (Å²) in [6.45, 7) is 3.38. The van der Waals surface area contributed by atoms with E-state index in [4.69, 9.17) is 10.5 Å². The average molecular weight is 287 g/mol. The zero-order valence-corrected chi connectivity index (χ0v) is 12.3. The number of hydrogen-bond donors (Lipinski definition) is 1. The molecule has 0 aromatic heterocycles. The first-order valence-corrected chi connectivity index (χ1v) is 7.07. The maximum absolute atomic E-state index is 12.4. The van der Waals surface area contributed by atoms with Crippen LogP contribution in [0.5, 0.6) is 0 Å². The first kappa shape index (κ1) is 15.4. The van der Waals surface area contributed by atoms with Crippen LogP contribution < -0.4 is 5.73 Å². The highest BCUT2D eigenvalue weighted by Gasteiger charge is 2.20. The normalized spacial score (nSPS) is 14.3. The van der Waals surface area contributed by atoms with Gasteiger partial charge in [0.1, 0.15) is 0 Å². The number of benzene rings is 1. The van der Waals surface area contributed by atoms with E-state index in [1.807, 2.05) is 36.2 Å². The maximum Gasteiger partial charge on any atom is 0.320 e. The third-order valence-electron chi connectivity index (χ3n) is 3.36. The average Bonchev–Trinajstić information content (AvgIpc) is 2.54. The topological polar surface area (TPSA) is 58.8 Å². The highest BCUT2D eigenvalue weighted by molar-refractivity contribution is 5.74. The van der Waals surface area contributed by atoms with E-state index < -0.39 is 0 Å². The number of amides is 2. The van der Waals surface area contributed by atoms with Crippen molar-refractivity contribution in [3.8, 4) is 11.8 Å². The van der Waals surface area contributed by atoms with E-state index in [0.717, 1.165) is 11.1 Å². The van der Waals surface area contributed by atoms with Crippen LogP contribution in [0.3, 0.4) is 0 Å². The monoisotopic (exact) mass is 287 g/mol. The molecule has 21 heavy (non-hydrogen) atoms. The Morgan fingerprint density at radius 3 is 2.81 bits per heavy atom. The molecule has 0 unspecified atom stereocenters. The summed E-state index contributed by atoms with van der Waals surface area (Å²) in [6.07, 6.45) is 0. The molecule has 1 fully saturated rings. The Morgan fingerprint density at radius 1 is 1.38 bits per heavy atom. The number of rotatable bonds is 2. The molecule has 0 atom stereocenters. The van der Waals surface area contributed by atoms with Gasteiger partial charge < -0.3 is 20.3 Å². The Morgan fingerprint density at radius 2 is 2.10 bits per heavy atom. The van der Waals surface area contributed by atoms with Crippen molar-refractivity contribution in [2.24, 2.45) is 5.73 Å². The SMILES string of the molecule is CN(Cc1ccccc1C#CCN)C(=O)N1CCOCC1. The summed E-state index contributed by atoms with van der Waals surface area (Å²) in [6, 6.07) is 7.86. The van der Waals surface area contributed by atoms with Crippen LogP contribution in [-0.2, 0) is 11.3 Å². The summed E-state index contributed by atoms with van der Waals surface area (Å²) in [5.74, 6) is 5.91. The molecule has 2 amide bonds. The van der Waals surface area contributed by atoms with Crippen LogP contribution in [0.4, 0.5) is 4.79 Å². The van der Waals surface area contributed by atoms with E-state index in [9.17, 15) is 4.79 Å². The summed E-state index contributed by atoms with van der Waals surface area (Å²) < 4.78 is 5.27. The lowest BCUT2D eigenvalue weighted by Crippen LogP contribution is -2.46. The van der Waals surface area contributed by atoms with Gasteiger partial charge in [-0.1, -0.05) is 30.0 Å². The second-order valence-corrected chi connectivity index (χ2v) is 4.90. The Bertz CT molecular complexity index is 542. The molecule has 1 aromatic carbocycles.